The van der Waals surface area contributed by atoms with E-state index in [1.165, 1.54) is 22.8 Å². The fourth-order valence-corrected chi connectivity index (χ4v) is 6.25. The van der Waals surface area contributed by atoms with Gasteiger partial charge in [0.1, 0.15) is 0 Å². The lowest BCUT2D eigenvalue weighted by Gasteiger charge is -2.32. The van der Waals surface area contributed by atoms with Crippen LogP contribution < -0.4 is 10.2 Å². The number of benzene rings is 2. The SMILES string of the molecule is CC1CCN(c2ccc(C(C)NC(=O)C3CCN(S(=O)(=O)c4ccccc4)CC3)cc2)CC1. The Kier molecular flexibility index (Phi) is 7.39. The molecular weight excluding hydrogens is 434 g/mol. The van der Waals surface area contributed by atoms with Crippen molar-refractivity contribution in [2.24, 2.45) is 11.8 Å². The topological polar surface area (TPSA) is 69.7 Å². The maximum Gasteiger partial charge on any atom is 0.243 e. The van der Waals surface area contributed by atoms with Crippen LogP contribution >= 0.6 is 0 Å². The predicted octanol–water partition coefficient (Wildman–Crippen LogP) is 4.20. The number of hydrogen-bond donors (Lipinski definition) is 1. The van der Waals surface area contributed by atoms with Crippen molar-refractivity contribution in [3.05, 3.63) is 60.2 Å². The van der Waals surface area contributed by atoms with Crippen LogP contribution in [0.5, 0.6) is 0 Å². The lowest BCUT2D eigenvalue weighted by molar-refractivity contribution is -0.126. The second kappa shape index (κ2) is 10.3. The number of anilines is 1. The van der Waals surface area contributed by atoms with Crippen LogP contribution in [-0.4, -0.2) is 44.8 Å². The monoisotopic (exact) mass is 469 g/mol. The van der Waals surface area contributed by atoms with Crippen molar-refractivity contribution in [2.75, 3.05) is 31.1 Å². The Morgan fingerprint density at radius 2 is 1.52 bits per heavy atom. The number of nitrogens with one attached hydrogen (secondary N) is 1. The Hall–Kier alpha value is -2.38. The second-order valence-electron chi connectivity index (χ2n) is 9.48. The van der Waals surface area contributed by atoms with Crippen molar-refractivity contribution in [3.8, 4) is 0 Å². The molecule has 0 spiro atoms. The summed E-state index contributed by atoms with van der Waals surface area (Å²) in [5.41, 5.74) is 2.33. The fraction of sp³-hybridized carbons (Fsp3) is 0.500. The molecule has 2 fully saturated rings. The molecule has 2 aromatic carbocycles. The molecule has 1 N–H and O–H groups in total. The molecule has 0 bridgehead atoms. The van der Waals surface area contributed by atoms with Crippen LogP contribution in [0.25, 0.3) is 0 Å². The number of piperidine rings is 2. The summed E-state index contributed by atoms with van der Waals surface area (Å²) >= 11 is 0. The second-order valence-corrected chi connectivity index (χ2v) is 11.4. The van der Waals surface area contributed by atoms with Gasteiger partial charge in [-0.2, -0.15) is 4.31 Å². The zero-order valence-electron chi connectivity index (χ0n) is 19.6. The summed E-state index contributed by atoms with van der Waals surface area (Å²) in [4.78, 5) is 15.6. The summed E-state index contributed by atoms with van der Waals surface area (Å²) in [6.07, 6.45) is 3.55. The minimum Gasteiger partial charge on any atom is -0.372 e. The molecule has 0 aromatic heterocycles. The van der Waals surface area contributed by atoms with Gasteiger partial charge in [0.05, 0.1) is 10.9 Å². The molecule has 2 aliphatic rings. The van der Waals surface area contributed by atoms with E-state index in [1.54, 1.807) is 30.3 Å². The highest BCUT2D eigenvalue weighted by Crippen LogP contribution is 2.27. The van der Waals surface area contributed by atoms with E-state index in [0.29, 0.717) is 30.8 Å². The molecule has 2 aromatic rings. The molecule has 2 saturated heterocycles. The summed E-state index contributed by atoms with van der Waals surface area (Å²) < 4.78 is 27.1. The molecule has 0 radical (unpaired) electrons. The molecule has 6 nitrogen and oxygen atoms in total. The van der Waals surface area contributed by atoms with Crippen LogP contribution in [0.15, 0.2) is 59.5 Å². The molecule has 178 valence electrons. The van der Waals surface area contributed by atoms with Gasteiger partial charge >= 0.3 is 0 Å². The average molecular weight is 470 g/mol. The number of hydrogen-bond acceptors (Lipinski definition) is 4. The largest absolute Gasteiger partial charge is 0.372 e. The van der Waals surface area contributed by atoms with Gasteiger partial charge < -0.3 is 10.2 Å². The van der Waals surface area contributed by atoms with Gasteiger partial charge in [0.25, 0.3) is 0 Å². The first kappa shape index (κ1) is 23.8. The van der Waals surface area contributed by atoms with E-state index in [1.807, 2.05) is 6.92 Å². The van der Waals surface area contributed by atoms with Gasteiger partial charge in [0.2, 0.25) is 15.9 Å². The number of rotatable bonds is 6. The molecule has 1 unspecified atom stereocenters. The van der Waals surface area contributed by atoms with Crippen molar-refractivity contribution in [1.29, 1.82) is 0 Å². The Morgan fingerprint density at radius 3 is 2.12 bits per heavy atom. The van der Waals surface area contributed by atoms with Crippen molar-refractivity contribution >= 4 is 21.6 Å². The van der Waals surface area contributed by atoms with Crippen molar-refractivity contribution in [1.82, 2.24) is 9.62 Å². The van der Waals surface area contributed by atoms with Gasteiger partial charge in [0, 0.05) is 37.8 Å². The molecule has 1 amide bonds. The first-order valence-electron chi connectivity index (χ1n) is 12.0. The number of nitrogens with zero attached hydrogens (tertiary/aromatic N) is 2. The molecule has 2 heterocycles. The third kappa shape index (κ3) is 5.58. The first-order valence-corrected chi connectivity index (χ1v) is 13.5. The molecule has 0 saturated carbocycles. The maximum absolute atomic E-state index is 12.9. The minimum absolute atomic E-state index is 0.00773. The standard InChI is InChI=1S/C26H35N3O3S/c1-20-12-16-28(17-13-20)24-10-8-22(9-11-24)21(2)27-26(30)23-14-18-29(19-15-23)33(31,32)25-6-4-3-5-7-25/h3-11,20-21,23H,12-19H2,1-2H3,(H,27,30). The van der Waals surface area contributed by atoms with E-state index < -0.39 is 10.0 Å². The van der Waals surface area contributed by atoms with Gasteiger partial charge in [0.15, 0.2) is 0 Å². The van der Waals surface area contributed by atoms with Crippen molar-refractivity contribution in [3.63, 3.8) is 0 Å². The summed E-state index contributed by atoms with van der Waals surface area (Å²) in [7, 11) is -3.50. The van der Waals surface area contributed by atoms with Gasteiger partial charge in [-0.3, -0.25) is 4.79 Å². The summed E-state index contributed by atoms with van der Waals surface area (Å²) in [6.45, 7) is 7.26. The van der Waals surface area contributed by atoms with Gasteiger partial charge in [-0.1, -0.05) is 37.3 Å². The number of carbonyl (C=O) groups is 1. The van der Waals surface area contributed by atoms with E-state index in [2.05, 4.69) is 41.4 Å². The molecule has 4 rings (SSSR count). The Balaban J connectivity index is 1.29. The first-order chi connectivity index (χ1) is 15.8. The summed E-state index contributed by atoms with van der Waals surface area (Å²) in [6, 6.07) is 16.9. The highest BCUT2D eigenvalue weighted by Gasteiger charge is 2.32. The predicted molar refractivity (Wildman–Crippen MR) is 132 cm³/mol. The van der Waals surface area contributed by atoms with E-state index in [4.69, 9.17) is 0 Å². The molecule has 33 heavy (non-hydrogen) atoms. The van der Waals surface area contributed by atoms with E-state index in [0.717, 1.165) is 24.6 Å². The number of amides is 1. The van der Waals surface area contributed by atoms with E-state index in [-0.39, 0.29) is 17.9 Å². The average Bonchev–Trinajstić information content (AvgIpc) is 2.85. The van der Waals surface area contributed by atoms with Gasteiger partial charge in [-0.05, 0) is 68.4 Å². The molecule has 2 aliphatic heterocycles. The van der Waals surface area contributed by atoms with Crippen LogP contribution in [0.3, 0.4) is 0 Å². The summed E-state index contributed by atoms with van der Waals surface area (Å²) in [5.74, 6) is 0.652. The molecule has 1 atom stereocenters. The molecule has 7 heteroatoms. The third-order valence-corrected chi connectivity index (χ3v) is 9.02. The van der Waals surface area contributed by atoms with E-state index >= 15 is 0 Å². The van der Waals surface area contributed by atoms with Gasteiger partial charge in [-0.15, -0.1) is 0 Å². The Labute approximate surface area is 198 Å². The third-order valence-electron chi connectivity index (χ3n) is 7.11. The van der Waals surface area contributed by atoms with Gasteiger partial charge in [-0.25, -0.2) is 8.42 Å². The van der Waals surface area contributed by atoms with Crippen molar-refractivity contribution < 1.29 is 13.2 Å². The Morgan fingerprint density at radius 1 is 0.909 bits per heavy atom. The molecule has 0 aliphatic carbocycles. The lowest BCUT2D eigenvalue weighted by atomic mass is 9.96. The minimum atomic E-state index is -3.50. The normalized spacial score (nSPS) is 19.9. The highest BCUT2D eigenvalue weighted by molar-refractivity contribution is 7.89. The van der Waals surface area contributed by atoms with Crippen LogP contribution in [0.4, 0.5) is 5.69 Å². The smallest absolute Gasteiger partial charge is 0.243 e. The lowest BCUT2D eigenvalue weighted by Crippen LogP contribution is -2.43. The zero-order valence-corrected chi connectivity index (χ0v) is 20.4. The highest BCUT2D eigenvalue weighted by atomic mass is 32.2. The molecular formula is C26H35N3O3S. The van der Waals surface area contributed by atoms with Crippen LogP contribution in [0, 0.1) is 11.8 Å². The van der Waals surface area contributed by atoms with E-state index in [9.17, 15) is 13.2 Å². The van der Waals surface area contributed by atoms with Crippen LogP contribution in [0.2, 0.25) is 0 Å². The Bertz CT molecular complexity index is 1020. The zero-order chi connectivity index (χ0) is 23.4. The van der Waals surface area contributed by atoms with Crippen LogP contribution in [-0.2, 0) is 14.8 Å². The summed E-state index contributed by atoms with van der Waals surface area (Å²) in [5, 5.41) is 3.14. The van der Waals surface area contributed by atoms with Crippen LogP contribution in [0.1, 0.15) is 51.1 Å². The number of sulfonamides is 1. The maximum atomic E-state index is 12.9. The fourth-order valence-electron chi connectivity index (χ4n) is 4.76. The quantitative estimate of drug-likeness (QED) is 0.688. The number of carbonyl (C=O) groups excluding carboxylic acids is 1. The van der Waals surface area contributed by atoms with Crippen molar-refractivity contribution in [2.45, 2.75) is 50.5 Å².